The third kappa shape index (κ3) is 3.14. The van der Waals surface area contributed by atoms with Gasteiger partial charge in [0.05, 0.1) is 31.0 Å². The van der Waals surface area contributed by atoms with Crippen LogP contribution in [0.15, 0.2) is 54.6 Å². The second-order valence-electron chi connectivity index (χ2n) is 8.38. The Kier molecular flexibility index (Phi) is 4.96. The third-order valence-electron chi connectivity index (χ3n) is 6.45. The summed E-state index contributed by atoms with van der Waals surface area (Å²) < 4.78 is 21.6. The van der Waals surface area contributed by atoms with E-state index in [9.17, 15) is 14.4 Å². The van der Waals surface area contributed by atoms with E-state index in [2.05, 4.69) is 5.32 Å². The summed E-state index contributed by atoms with van der Waals surface area (Å²) >= 11 is 0. The molecule has 0 saturated heterocycles. The molecule has 3 aromatic carbocycles. The molecule has 0 bridgehead atoms. The highest BCUT2D eigenvalue weighted by Crippen LogP contribution is 2.49. The van der Waals surface area contributed by atoms with Gasteiger partial charge in [0.25, 0.3) is 11.8 Å². The van der Waals surface area contributed by atoms with Crippen LogP contribution in [0.4, 0.5) is 11.4 Å². The van der Waals surface area contributed by atoms with Crippen molar-refractivity contribution in [3.63, 3.8) is 0 Å². The van der Waals surface area contributed by atoms with Crippen LogP contribution in [0.25, 0.3) is 0 Å². The van der Waals surface area contributed by atoms with Crippen molar-refractivity contribution in [1.82, 2.24) is 4.90 Å². The molecule has 10 heteroatoms. The van der Waals surface area contributed by atoms with Crippen LogP contribution in [0, 0.1) is 0 Å². The molecule has 3 amide bonds. The van der Waals surface area contributed by atoms with Gasteiger partial charge < -0.3 is 29.2 Å². The number of para-hydroxylation sites is 1. The number of carbonyl (C=O) groups is 3. The molecule has 0 aliphatic carbocycles. The average Bonchev–Trinajstić information content (AvgIpc) is 3.48. The van der Waals surface area contributed by atoms with Crippen LogP contribution in [-0.4, -0.2) is 50.2 Å². The van der Waals surface area contributed by atoms with Crippen molar-refractivity contribution in [3.05, 3.63) is 71.3 Å². The molecule has 3 aliphatic rings. The number of anilines is 2. The maximum Gasteiger partial charge on any atom is 0.264 e. The highest BCUT2D eigenvalue weighted by atomic mass is 16.7. The zero-order valence-electron chi connectivity index (χ0n) is 19.4. The quantitative estimate of drug-likeness (QED) is 0.589. The number of methoxy groups -OCH3 is 2. The second-order valence-corrected chi connectivity index (χ2v) is 8.38. The lowest BCUT2D eigenvalue weighted by molar-refractivity contribution is -0.117. The molecule has 1 N–H and O–H groups in total. The van der Waals surface area contributed by atoms with E-state index >= 15 is 0 Å². The molecule has 0 spiro atoms. The number of fused-ring (bicyclic) bond motifs is 6. The average molecular weight is 487 g/mol. The Balaban J connectivity index is 1.39. The van der Waals surface area contributed by atoms with Gasteiger partial charge in [-0.25, -0.2) is 0 Å². The number of carbonyl (C=O) groups excluding carboxylic acids is 3. The fourth-order valence-electron chi connectivity index (χ4n) is 4.92. The van der Waals surface area contributed by atoms with Gasteiger partial charge >= 0.3 is 0 Å². The van der Waals surface area contributed by atoms with Crippen LogP contribution >= 0.6 is 0 Å². The fraction of sp³-hybridized carbons (Fsp3) is 0.192. The minimum atomic E-state index is -0.822. The Morgan fingerprint density at radius 3 is 2.61 bits per heavy atom. The van der Waals surface area contributed by atoms with Gasteiger partial charge in [0.2, 0.25) is 12.7 Å². The monoisotopic (exact) mass is 487 g/mol. The van der Waals surface area contributed by atoms with E-state index in [1.807, 2.05) is 0 Å². The van der Waals surface area contributed by atoms with Crippen LogP contribution in [-0.2, 0) is 4.79 Å². The Hall–Kier alpha value is -4.73. The largest absolute Gasteiger partial charge is 0.493 e. The summed E-state index contributed by atoms with van der Waals surface area (Å²) in [6, 6.07) is 15.3. The lowest BCUT2D eigenvalue weighted by atomic mass is 10.0. The number of nitrogens with zero attached hydrogens (tertiary/aromatic N) is 2. The van der Waals surface area contributed by atoms with Gasteiger partial charge in [-0.2, -0.15) is 0 Å². The van der Waals surface area contributed by atoms with Crippen molar-refractivity contribution in [2.75, 3.05) is 37.8 Å². The van der Waals surface area contributed by atoms with E-state index in [0.29, 0.717) is 45.3 Å². The van der Waals surface area contributed by atoms with Crippen LogP contribution in [0.2, 0.25) is 0 Å². The predicted molar refractivity (Wildman–Crippen MR) is 128 cm³/mol. The van der Waals surface area contributed by atoms with Crippen LogP contribution in [0.5, 0.6) is 23.0 Å². The lowest BCUT2D eigenvalue weighted by Crippen LogP contribution is -2.50. The molecule has 0 fully saturated rings. The molecular formula is C26H21N3O7. The molecule has 0 saturated carbocycles. The van der Waals surface area contributed by atoms with E-state index in [1.165, 1.54) is 24.0 Å². The molecule has 0 unspecified atom stereocenters. The predicted octanol–water partition coefficient (Wildman–Crippen LogP) is 3.19. The third-order valence-corrected chi connectivity index (χ3v) is 6.45. The Bertz CT molecular complexity index is 1440. The second kappa shape index (κ2) is 8.19. The van der Waals surface area contributed by atoms with Gasteiger partial charge in [-0.3, -0.25) is 19.3 Å². The molecule has 0 radical (unpaired) electrons. The number of ether oxygens (including phenoxy) is 4. The number of amides is 3. The van der Waals surface area contributed by atoms with Gasteiger partial charge in [-0.1, -0.05) is 18.2 Å². The first-order valence-corrected chi connectivity index (χ1v) is 11.2. The summed E-state index contributed by atoms with van der Waals surface area (Å²) in [4.78, 5) is 43.3. The van der Waals surface area contributed by atoms with Crippen molar-refractivity contribution < 1.29 is 33.3 Å². The molecule has 3 aliphatic heterocycles. The number of benzene rings is 3. The molecule has 6 rings (SSSR count). The van der Waals surface area contributed by atoms with Gasteiger partial charge in [0.15, 0.2) is 23.0 Å². The van der Waals surface area contributed by atoms with Gasteiger partial charge in [0, 0.05) is 17.3 Å². The number of nitrogens with one attached hydrogen (secondary N) is 1. The summed E-state index contributed by atoms with van der Waals surface area (Å²) in [5.41, 5.74) is 2.16. The standard InChI is InChI=1S/C26H21N3O7/c1-33-19-10-8-16-22(23(19)34-2)26(32)29-17-6-4-3-5-15(17)25(31)28(24(16)29)12-21(30)27-14-7-9-18-20(11-14)36-13-35-18/h3-11,24H,12-13H2,1-2H3,(H,27,30)/t24-/m1/s1. The fourth-order valence-corrected chi connectivity index (χ4v) is 4.92. The van der Waals surface area contributed by atoms with Gasteiger partial charge in [-0.05, 0) is 30.3 Å². The van der Waals surface area contributed by atoms with Gasteiger partial charge in [0.1, 0.15) is 12.7 Å². The highest BCUT2D eigenvalue weighted by molar-refractivity contribution is 6.18. The Morgan fingerprint density at radius 2 is 1.81 bits per heavy atom. The maximum absolute atomic E-state index is 13.7. The maximum atomic E-state index is 13.7. The molecule has 0 aromatic heterocycles. The van der Waals surface area contributed by atoms with Crippen LogP contribution in [0.3, 0.4) is 0 Å². The molecule has 3 heterocycles. The summed E-state index contributed by atoms with van der Waals surface area (Å²) in [7, 11) is 2.95. The minimum Gasteiger partial charge on any atom is -0.493 e. The van der Waals surface area contributed by atoms with E-state index in [0.717, 1.165) is 0 Å². The molecule has 182 valence electrons. The Morgan fingerprint density at radius 1 is 1.00 bits per heavy atom. The van der Waals surface area contributed by atoms with Crippen molar-refractivity contribution >= 4 is 29.1 Å². The summed E-state index contributed by atoms with van der Waals surface area (Å²) in [5.74, 6) is 0.674. The first-order valence-electron chi connectivity index (χ1n) is 11.2. The molecule has 10 nitrogen and oxygen atoms in total. The summed E-state index contributed by atoms with van der Waals surface area (Å²) in [6.07, 6.45) is -0.822. The van der Waals surface area contributed by atoms with Crippen LogP contribution in [0.1, 0.15) is 32.4 Å². The number of rotatable bonds is 5. The van der Waals surface area contributed by atoms with E-state index < -0.39 is 12.1 Å². The smallest absolute Gasteiger partial charge is 0.264 e. The van der Waals surface area contributed by atoms with Crippen molar-refractivity contribution in [3.8, 4) is 23.0 Å². The van der Waals surface area contributed by atoms with Gasteiger partial charge in [-0.15, -0.1) is 0 Å². The topological polar surface area (TPSA) is 107 Å². The molecule has 1 atom stereocenters. The summed E-state index contributed by atoms with van der Waals surface area (Å²) in [6.45, 7) is -0.169. The molecular weight excluding hydrogens is 466 g/mol. The minimum absolute atomic E-state index is 0.119. The van der Waals surface area contributed by atoms with Crippen molar-refractivity contribution in [2.45, 2.75) is 6.17 Å². The van der Waals surface area contributed by atoms with E-state index in [1.54, 1.807) is 54.6 Å². The lowest BCUT2D eigenvalue weighted by Gasteiger charge is -2.40. The molecule has 36 heavy (non-hydrogen) atoms. The SMILES string of the molecule is COc1ccc2c(c1OC)C(=O)N1c3ccccc3C(=O)N(CC(=O)Nc3ccc4c(c3)OCO4)[C@@H]21. The normalized spacial score (nSPS) is 16.9. The first-order chi connectivity index (χ1) is 17.5. The van der Waals surface area contributed by atoms with E-state index in [-0.39, 0.29) is 30.9 Å². The zero-order chi connectivity index (χ0) is 25.0. The number of hydrogen-bond donors (Lipinski definition) is 1. The van der Waals surface area contributed by atoms with Crippen molar-refractivity contribution in [2.24, 2.45) is 0 Å². The summed E-state index contributed by atoms with van der Waals surface area (Å²) in [5, 5.41) is 2.80. The Labute approximate surface area is 205 Å². The van der Waals surface area contributed by atoms with Crippen LogP contribution < -0.4 is 29.2 Å². The number of hydrogen-bond acceptors (Lipinski definition) is 7. The first kappa shape index (κ1) is 21.8. The zero-order valence-corrected chi connectivity index (χ0v) is 19.4. The van der Waals surface area contributed by atoms with E-state index in [4.69, 9.17) is 18.9 Å². The van der Waals surface area contributed by atoms with Crippen molar-refractivity contribution in [1.29, 1.82) is 0 Å². The molecule has 3 aromatic rings. The highest BCUT2D eigenvalue weighted by Gasteiger charge is 2.50.